The first-order valence-corrected chi connectivity index (χ1v) is 1.96. The topological polar surface area (TPSA) is 80.4 Å². The highest BCUT2D eigenvalue weighted by Gasteiger charge is 2.01. The number of rotatable bonds is 3. The smallest absolute Gasteiger partial charge is 0.310 e. The molecule has 0 bridgehead atoms. The van der Waals surface area contributed by atoms with Gasteiger partial charge in [0.1, 0.15) is 6.42 Å². The van der Waals surface area contributed by atoms with Crippen molar-refractivity contribution < 1.29 is 14.8 Å². The molecule has 0 aromatic rings. The second-order valence-corrected chi connectivity index (χ2v) is 1.20. The second-order valence-electron chi connectivity index (χ2n) is 1.20. The molecule has 0 rings (SSSR count). The maximum absolute atomic E-state index is 9.60. The summed E-state index contributed by atoms with van der Waals surface area (Å²) in [6, 6.07) is 0. The number of carboxylic acid groups (broad SMARTS) is 1. The molecule has 0 aromatic carbocycles. The van der Waals surface area contributed by atoms with Crippen molar-refractivity contribution in [1.29, 1.82) is 0 Å². The molecule has 0 fully saturated rings. The summed E-state index contributed by atoms with van der Waals surface area (Å²) >= 11 is 0. The molecule has 0 amide bonds. The summed E-state index contributed by atoms with van der Waals surface area (Å²) in [5, 5.41) is 17.3. The van der Waals surface area contributed by atoms with E-state index in [0.29, 0.717) is 0 Å². The van der Waals surface area contributed by atoms with Crippen molar-refractivity contribution in [1.82, 2.24) is 0 Å². The van der Waals surface area contributed by atoms with Gasteiger partial charge in [0.15, 0.2) is 0 Å². The van der Waals surface area contributed by atoms with Gasteiger partial charge in [0.25, 0.3) is 0 Å². The molecule has 0 unspecified atom stereocenters. The molecule has 46 valence electrons. The van der Waals surface area contributed by atoms with E-state index in [1.165, 1.54) is 0 Å². The van der Waals surface area contributed by atoms with Crippen LogP contribution in [0.4, 0.5) is 0 Å². The van der Waals surface area contributed by atoms with Gasteiger partial charge in [-0.25, -0.2) is 0 Å². The van der Waals surface area contributed by atoms with E-state index < -0.39 is 23.9 Å². The first-order chi connectivity index (χ1) is 3.63. The average Bonchev–Trinajstić information content (AvgIpc) is 1.61. The molecule has 1 N–H and O–H groups in total. The minimum absolute atomic E-state index is 0.396. The lowest BCUT2D eigenvalue weighted by Gasteiger charge is -1.84. The Balaban J connectivity index is 3.18. The van der Waals surface area contributed by atoms with Crippen molar-refractivity contribution in [2.24, 2.45) is 0 Å². The summed E-state index contributed by atoms with van der Waals surface area (Å²) in [4.78, 5) is 18.4. The number of hydrogen-bond acceptors (Lipinski definition) is 3. The first kappa shape index (κ1) is 6.87. The summed E-state index contributed by atoms with van der Waals surface area (Å²) < 4.78 is 0. The number of nitrogens with zero attached hydrogens (tertiary/aromatic N) is 1. The lowest BCUT2D eigenvalue weighted by atomic mass is 10.4. The summed E-state index contributed by atoms with van der Waals surface area (Å²) in [6.07, 6.45) is -0.396. The third kappa shape index (κ3) is 4.87. The zero-order valence-corrected chi connectivity index (χ0v) is 4.03. The maximum Gasteiger partial charge on any atom is 0.310 e. The quantitative estimate of drug-likeness (QED) is 0.318. The first-order valence-electron chi connectivity index (χ1n) is 1.96. The van der Waals surface area contributed by atoms with Gasteiger partial charge < -0.3 is 5.11 Å². The minimum atomic E-state index is -1.14. The molecular formula is C3H5NO4. The number of hydrogen-bond donors (Lipinski definition) is 1. The molecule has 0 saturated carbocycles. The van der Waals surface area contributed by atoms with Crippen LogP contribution < -0.4 is 0 Å². The van der Waals surface area contributed by atoms with E-state index in [1.807, 2.05) is 0 Å². The maximum atomic E-state index is 9.60. The third-order valence-corrected chi connectivity index (χ3v) is 0.508. The van der Waals surface area contributed by atoms with E-state index in [2.05, 4.69) is 0 Å². The number of aliphatic carboxylic acids is 1. The van der Waals surface area contributed by atoms with E-state index in [9.17, 15) is 14.9 Å². The van der Waals surface area contributed by atoms with Crippen LogP contribution in [0.2, 0.25) is 0 Å². The largest absolute Gasteiger partial charge is 0.481 e. The Morgan fingerprint density at radius 2 is 2.38 bits per heavy atom. The zero-order chi connectivity index (χ0) is 6.57. The van der Waals surface area contributed by atoms with E-state index in [-0.39, 0.29) is 0 Å². The van der Waals surface area contributed by atoms with E-state index in [1.54, 1.807) is 0 Å². The fraction of sp³-hybridized carbons (Fsp3) is 0.667. The van der Waals surface area contributed by atoms with Crippen molar-refractivity contribution in [3.05, 3.63) is 10.1 Å². The van der Waals surface area contributed by atoms with Crippen LogP contribution in [-0.4, -0.2) is 22.5 Å². The molecule has 5 heteroatoms. The number of nitro groups is 1. The van der Waals surface area contributed by atoms with Gasteiger partial charge in [-0.05, 0) is 0 Å². The molecule has 0 radical (unpaired) electrons. The molecule has 0 aliphatic heterocycles. The molecule has 0 saturated heterocycles. The highest BCUT2D eigenvalue weighted by atomic mass is 18.4. The van der Waals surface area contributed by atoms with Crippen LogP contribution >= 0.6 is 0 Å². The van der Waals surface area contributed by atoms with E-state index >= 15 is 0 Å². The van der Waals surface area contributed by atoms with Crippen LogP contribution in [0.3, 0.4) is 0 Å². The molecule has 8 heavy (non-hydrogen) atoms. The molecule has 5 nitrogen and oxygen atoms in total. The molecule has 0 heterocycles. The van der Waals surface area contributed by atoms with E-state index in [0.717, 1.165) is 0 Å². The second kappa shape index (κ2) is 2.95. The van der Waals surface area contributed by atoms with Gasteiger partial charge in [-0.15, -0.1) is 0 Å². The van der Waals surface area contributed by atoms with E-state index in [4.69, 9.17) is 5.11 Å². The molecule has 0 aliphatic carbocycles. The van der Waals surface area contributed by atoms with Gasteiger partial charge in [0, 0.05) is 4.92 Å². The molecular weight excluding hydrogens is 118 g/mol. The molecule has 0 atom stereocenters. The normalized spacial score (nSPS) is 8.50. The fourth-order valence-electron chi connectivity index (χ4n) is 0.187. The Morgan fingerprint density at radius 3 is 2.50 bits per heavy atom. The lowest BCUT2D eigenvalue weighted by molar-refractivity contribution is -0.478. The van der Waals surface area contributed by atoms with Crippen molar-refractivity contribution in [3.8, 4) is 0 Å². The summed E-state index contributed by atoms with van der Waals surface area (Å²) in [5.41, 5.74) is 0. The lowest BCUT2D eigenvalue weighted by Crippen LogP contribution is -2.06. The highest BCUT2D eigenvalue weighted by molar-refractivity contribution is 5.66. The Bertz CT molecular complexity index is 95.9. The predicted molar refractivity (Wildman–Crippen MR) is 24.1 cm³/mol. The summed E-state index contributed by atoms with van der Waals surface area (Å²) in [6.45, 7) is -0.491. The summed E-state index contributed by atoms with van der Waals surface area (Å²) in [7, 11) is 0. The molecule has 0 aliphatic rings. The number of carbonyl (C=O) groups is 1. The zero-order valence-electron chi connectivity index (χ0n) is 4.03. The monoisotopic (exact) mass is 123 g/mol. The van der Waals surface area contributed by atoms with Gasteiger partial charge in [-0.2, -0.15) is 0 Å². The highest BCUT2D eigenvalue weighted by Crippen LogP contribution is 1.77. The number of carboxylic acids is 1. The van der Waals surface area contributed by atoms with Crippen molar-refractivity contribution in [2.75, 3.05) is 6.54 Å². The standard InChI is InChI=1S/C3H5NO4/c5-3(6)1-2-4(7)8/h1-2H2,(H,5,6)/i7+2,8+2. The SMILES string of the molecule is O=C(O)CC[N+](=[18O])[18O-]. The van der Waals surface area contributed by atoms with Gasteiger partial charge in [-0.1, -0.05) is 0 Å². The van der Waals surface area contributed by atoms with Crippen molar-refractivity contribution in [3.63, 3.8) is 0 Å². The Kier molecular flexibility index (Phi) is 2.53. The van der Waals surface area contributed by atoms with Crippen LogP contribution in [-0.2, 0) is 4.79 Å². The Labute approximate surface area is 45.1 Å². The average molecular weight is 123 g/mol. The van der Waals surface area contributed by atoms with Crippen molar-refractivity contribution in [2.45, 2.75) is 6.42 Å². The molecule has 0 aromatic heterocycles. The third-order valence-electron chi connectivity index (χ3n) is 0.508. The van der Waals surface area contributed by atoms with Gasteiger partial charge in [0.05, 0.1) is 0 Å². The molecule has 0 spiro atoms. The van der Waals surface area contributed by atoms with Crippen LogP contribution in [0, 0.1) is 10.1 Å². The van der Waals surface area contributed by atoms with Gasteiger partial charge in [0.2, 0.25) is 6.54 Å². The predicted octanol–water partition coefficient (Wildman–Crippen LogP) is -0.262. The Hall–Kier alpha value is -1.13. The Morgan fingerprint density at radius 1 is 1.88 bits per heavy atom. The van der Waals surface area contributed by atoms with Gasteiger partial charge in [-0.3, -0.25) is 14.9 Å². The minimum Gasteiger partial charge on any atom is -0.481 e. The van der Waals surface area contributed by atoms with Gasteiger partial charge >= 0.3 is 5.97 Å². The van der Waals surface area contributed by atoms with Crippen LogP contribution in [0.5, 0.6) is 0 Å². The van der Waals surface area contributed by atoms with Crippen molar-refractivity contribution >= 4 is 5.97 Å². The fourth-order valence-corrected chi connectivity index (χ4v) is 0.187. The van der Waals surface area contributed by atoms with Crippen LogP contribution in [0.25, 0.3) is 0 Å². The van der Waals surface area contributed by atoms with Crippen LogP contribution in [0.1, 0.15) is 6.42 Å². The van der Waals surface area contributed by atoms with Crippen LogP contribution in [0.15, 0.2) is 0 Å². The summed E-state index contributed by atoms with van der Waals surface area (Å²) in [5.74, 6) is -1.14.